The van der Waals surface area contributed by atoms with E-state index in [1.165, 1.54) is 12.5 Å². The fourth-order valence-electron chi connectivity index (χ4n) is 4.97. The number of nitrogens with one attached hydrogen (secondary N) is 1. The molecule has 2 heterocycles. The van der Waals surface area contributed by atoms with E-state index in [4.69, 9.17) is 16.6 Å². The number of alkyl halides is 4. The van der Waals surface area contributed by atoms with Crippen molar-refractivity contribution >= 4 is 23.3 Å². The Labute approximate surface area is 186 Å². The lowest BCUT2D eigenvalue weighted by atomic mass is 9.87. The third-order valence-corrected chi connectivity index (χ3v) is 7.22. The monoisotopic (exact) mass is 458 g/mol. The number of amidine groups is 1. The van der Waals surface area contributed by atoms with Crippen molar-refractivity contribution < 1.29 is 18.0 Å². The van der Waals surface area contributed by atoms with E-state index < -0.39 is 17.8 Å². The summed E-state index contributed by atoms with van der Waals surface area (Å²) in [5.74, 6) is 0.678. The van der Waals surface area contributed by atoms with Crippen LogP contribution in [-0.2, 0) is 4.79 Å². The summed E-state index contributed by atoms with van der Waals surface area (Å²) in [6.07, 6.45) is 7.06. The van der Waals surface area contributed by atoms with E-state index in [-0.39, 0.29) is 29.7 Å². The molecule has 4 aliphatic rings. The fraction of sp³-hybridized carbons (Fsp3) is 0.727. The van der Waals surface area contributed by atoms with Gasteiger partial charge in [-0.1, -0.05) is 37.5 Å². The van der Waals surface area contributed by atoms with Gasteiger partial charge >= 0.3 is 6.18 Å². The largest absolute Gasteiger partial charge is 0.416 e. The predicted octanol–water partition coefficient (Wildman–Crippen LogP) is 4.20. The van der Waals surface area contributed by atoms with Crippen LogP contribution in [0.3, 0.4) is 0 Å². The lowest BCUT2D eigenvalue weighted by Gasteiger charge is -2.36. The maximum absolute atomic E-state index is 13.0. The summed E-state index contributed by atoms with van der Waals surface area (Å²) in [5, 5.41) is 1.89. The Morgan fingerprint density at radius 2 is 1.87 bits per heavy atom. The normalized spacial score (nSPS) is 32.6. The van der Waals surface area contributed by atoms with Gasteiger partial charge in [-0.25, -0.2) is 5.01 Å². The van der Waals surface area contributed by atoms with Gasteiger partial charge in [0.15, 0.2) is 0 Å². The van der Waals surface area contributed by atoms with Crippen LogP contribution >= 0.6 is 11.6 Å². The maximum Gasteiger partial charge on any atom is 0.416 e. The minimum Gasteiger partial charge on any atom is -0.351 e. The summed E-state index contributed by atoms with van der Waals surface area (Å²) in [5.41, 5.74) is 2.38. The Morgan fingerprint density at radius 3 is 2.52 bits per heavy atom. The number of halogens is 4. The molecular weight excluding hydrogens is 429 g/mol. The molecule has 0 aromatic rings. The van der Waals surface area contributed by atoms with Crippen molar-refractivity contribution in [3.63, 3.8) is 0 Å². The van der Waals surface area contributed by atoms with Crippen molar-refractivity contribution in [1.82, 2.24) is 15.3 Å². The fourth-order valence-corrected chi connectivity index (χ4v) is 5.37. The quantitative estimate of drug-likeness (QED) is 0.642. The molecule has 1 amide bonds. The Balaban J connectivity index is 1.50. The van der Waals surface area contributed by atoms with Crippen LogP contribution in [0.1, 0.15) is 51.4 Å². The van der Waals surface area contributed by atoms with Gasteiger partial charge in [0, 0.05) is 24.4 Å². The Morgan fingerprint density at radius 1 is 1.13 bits per heavy atom. The van der Waals surface area contributed by atoms with Crippen molar-refractivity contribution in [2.75, 3.05) is 19.6 Å². The van der Waals surface area contributed by atoms with Gasteiger partial charge in [0.05, 0.1) is 18.2 Å². The van der Waals surface area contributed by atoms with E-state index in [0.29, 0.717) is 6.54 Å². The van der Waals surface area contributed by atoms with Crippen LogP contribution in [0.25, 0.3) is 0 Å². The van der Waals surface area contributed by atoms with Gasteiger partial charge < -0.3 is 4.90 Å². The van der Waals surface area contributed by atoms with Crippen molar-refractivity contribution in [2.24, 2.45) is 10.9 Å². The van der Waals surface area contributed by atoms with Crippen LogP contribution in [0.5, 0.6) is 0 Å². The molecule has 31 heavy (non-hydrogen) atoms. The summed E-state index contributed by atoms with van der Waals surface area (Å²) in [7, 11) is 0. The summed E-state index contributed by atoms with van der Waals surface area (Å²) < 4.78 is 39.1. The van der Waals surface area contributed by atoms with Gasteiger partial charge in [0.1, 0.15) is 11.9 Å². The highest BCUT2D eigenvalue weighted by Crippen LogP contribution is 2.36. The van der Waals surface area contributed by atoms with Crippen LogP contribution in [0.2, 0.25) is 0 Å². The topological polar surface area (TPSA) is 47.9 Å². The van der Waals surface area contributed by atoms with Crippen molar-refractivity contribution in [3.8, 4) is 0 Å². The van der Waals surface area contributed by atoms with Gasteiger partial charge in [-0.05, 0) is 32.1 Å². The molecule has 0 spiro atoms. The highest BCUT2D eigenvalue weighted by atomic mass is 35.5. The minimum absolute atomic E-state index is 0.0320. The first-order valence-electron chi connectivity index (χ1n) is 11.3. The summed E-state index contributed by atoms with van der Waals surface area (Å²) >= 11 is 6.64. The second kappa shape index (κ2) is 9.53. The number of hydrogen-bond donors (Lipinski definition) is 1. The van der Waals surface area contributed by atoms with Gasteiger partial charge in [-0.15, -0.1) is 11.6 Å². The highest BCUT2D eigenvalue weighted by molar-refractivity contribution is 6.22. The zero-order chi connectivity index (χ0) is 22.0. The first-order chi connectivity index (χ1) is 14.8. The molecule has 2 fully saturated rings. The van der Waals surface area contributed by atoms with E-state index in [1.807, 2.05) is 9.91 Å². The van der Waals surface area contributed by atoms with Crippen LogP contribution in [0, 0.1) is 5.92 Å². The summed E-state index contributed by atoms with van der Waals surface area (Å²) in [4.78, 5) is 19.8. The molecule has 1 N–H and O–H groups in total. The van der Waals surface area contributed by atoms with Crippen LogP contribution in [0.4, 0.5) is 13.2 Å². The molecule has 2 aliphatic heterocycles. The van der Waals surface area contributed by atoms with Crippen molar-refractivity contribution in [3.05, 3.63) is 23.8 Å². The van der Waals surface area contributed by atoms with Gasteiger partial charge in [0.25, 0.3) is 5.91 Å². The molecule has 0 bridgehead atoms. The zero-order valence-corrected chi connectivity index (χ0v) is 18.3. The first kappa shape index (κ1) is 22.6. The maximum atomic E-state index is 13.0. The van der Waals surface area contributed by atoms with E-state index >= 15 is 0 Å². The number of rotatable bonds is 4. The first-order valence-corrected chi connectivity index (χ1v) is 11.8. The molecular formula is C22H30ClF3N4O. The van der Waals surface area contributed by atoms with Crippen LogP contribution in [-0.4, -0.2) is 64.9 Å². The number of allylic oxidation sites excluding steroid dienone is 2. The molecule has 1 saturated carbocycles. The number of carbonyl (C=O) groups is 1. The molecule has 0 radical (unpaired) electrons. The SMILES string of the molecule is O=C(NN1CCCCC1)C1CN(C2C=CC(C(F)(F)F)=CC2)C([C@H]2CCCCC2Cl)=N1. The lowest BCUT2D eigenvalue weighted by Crippen LogP contribution is -2.50. The van der Waals surface area contributed by atoms with Gasteiger partial charge in [-0.3, -0.25) is 15.2 Å². The number of hydrazine groups is 1. The van der Waals surface area contributed by atoms with E-state index in [2.05, 4.69) is 5.43 Å². The average molecular weight is 459 g/mol. The molecule has 4 rings (SSSR count). The molecule has 5 nitrogen and oxygen atoms in total. The molecule has 1 saturated heterocycles. The summed E-state index contributed by atoms with van der Waals surface area (Å²) in [6.45, 7) is 2.04. The Hall–Kier alpha value is -1.54. The van der Waals surface area contributed by atoms with Crippen molar-refractivity contribution in [1.29, 1.82) is 0 Å². The number of nitrogens with zero attached hydrogens (tertiary/aromatic N) is 3. The average Bonchev–Trinajstić information content (AvgIpc) is 3.20. The molecule has 0 aromatic carbocycles. The Bertz CT molecular complexity index is 760. The number of carbonyl (C=O) groups excluding carboxylic acids is 1. The summed E-state index contributed by atoms with van der Waals surface area (Å²) in [6, 6.07) is -0.812. The predicted molar refractivity (Wildman–Crippen MR) is 115 cm³/mol. The van der Waals surface area contributed by atoms with E-state index in [9.17, 15) is 18.0 Å². The lowest BCUT2D eigenvalue weighted by molar-refractivity contribution is -0.127. The third kappa shape index (κ3) is 5.28. The number of aliphatic imine (C=N–C) groups is 1. The van der Waals surface area contributed by atoms with Crippen molar-refractivity contribution in [2.45, 2.75) is 75.0 Å². The standard InChI is InChI=1S/C22H30ClF3N4O/c23-18-7-3-2-6-17(18)20-27-19(21(31)28-29-12-4-1-5-13-29)14-30(20)16-10-8-15(9-11-16)22(24,25)26/h8-10,16-19H,1-7,11-14H2,(H,28,31)/t16?,17-,18?,19?/m0/s1. The van der Waals surface area contributed by atoms with E-state index in [1.54, 1.807) is 6.08 Å². The smallest absolute Gasteiger partial charge is 0.351 e. The number of hydrogen-bond acceptors (Lipinski definition) is 4. The molecule has 0 aromatic heterocycles. The highest BCUT2D eigenvalue weighted by Gasteiger charge is 2.41. The van der Waals surface area contributed by atoms with Crippen LogP contribution in [0.15, 0.2) is 28.8 Å². The number of amides is 1. The third-order valence-electron chi connectivity index (χ3n) is 6.70. The second-order valence-corrected chi connectivity index (χ2v) is 9.47. The number of piperidine rings is 1. The zero-order valence-electron chi connectivity index (χ0n) is 17.6. The minimum atomic E-state index is -4.34. The van der Waals surface area contributed by atoms with Gasteiger partial charge in [-0.2, -0.15) is 13.2 Å². The molecule has 2 aliphatic carbocycles. The Kier molecular flexibility index (Phi) is 6.96. The van der Waals surface area contributed by atoms with Gasteiger partial charge in [0.2, 0.25) is 0 Å². The van der Waals surface area contributed by atoms with Crippen LogP contribution < -0.4 is 5.43 Å². The molecule has 3 unspecified atom stereocenters. The second-order valence-electron chi connectivity index (χ2n) is 8.91. The van der Waals surface area contributed by atoms with E-state index in [0.717, 1.165) is 63.5 Å². The molecule has 9 heteroatoms. The molecule has 4 atom stereocenters. The molecule has 172 valence electrons.